The van der Waals surface area contributed by atoms with Crippen molar-refractivity contribution in [2.45, 2.75) is 17.7 Å². The monoisotopic (exact) mass is 341 g/mol. The molecule has 0 saturated carbocycles. The molecule has 0 aliphatic carbocycles. The number of ether oxygens (including phenoxy) is 1. The molecule has 8 nitrogen and oxygen atoms in total. The highest BCUT2D eigenvalue weighted by atomic mass is 35.7. The maximum Gasteiger partial charge on any atom is 0.312 e. The lowest BCUT2D eigenvalue weighted by Gasteiger charge is -2.07. The first-order valence-corrected chi connectivity index (χ1v) is 7.71. The highest BCUT2D eigenvalue weighted by Crippen LogP contribution is 2.33. The number of hydrogen-bond donors (Lipinski definition) is 1. The second kappa shape index (κ2) is 6.68. The molecular formula is C10H9ClFNO7S. The molecule has 0 aliphatic heterocycles. The number of carbonyl (C=O) groups is 1. The fraction of sp³-hybridized carbons (Fsp3) is 0.300. The second-order valence-corrected chi connectivity index (χ2v) is 6.33. The van der Waals surface area contributed by atoms with Crippen molar-refractivity contribution in [2.24, 2.45) is 0 Å². The number of nitro groups is 1. The lowest BCUT2D eigenvalue weighted by Crippen LogP contribution is -2.06. The predicted molar refractivity (Wildman–Crippen MR) is 68.5 cm³/mol. The Labute approximate surface area is 122 Å². The summed E-state index contributed by atoms with van der Waals surface area (Å²) < 4.78 is 40.6. The molecule has 0 unspecified atom stereocenters. The fourth-order valence-corrected chi connectivity index (χ4v) is 2.27. The van der Waals surface area contributed by atoms with Crippen LogP contribution in [0.4, 0.5) is 10.1 Å². The summed E-state index contributed by atoms with van der Waals surface area (Å²) in [6, 6.07) is 0.971. The molecule has 0 amide bonds. The van der Waals surface area contributed by atoms with Crippen molar-refractivity contribution in [3.63, 3.8) is 0 Å². The van der Waals surface area contributed by atoms with Crippen LogP contribution in [-0.4, -0.2) is 31.0 Å². The minimum atomic E-state index is -4.48. The Kier molecular flexibility index (Phi) is 5.44. The molecular weight excluding hydrogens is 333 g/mol. The van der Waals surface area contributed by atoms with E-state index in [-0.39, 0.29) is 19.4 Å². The highest BCUT2D eigenvalue weighted by Gasteiger charge is 2.25. The smallest absolute Gasteiger partial charge is 0.312 e. The zero-order valence-corrected chi connectivity index (χ0v) is 11.9. The van der Waals surface area contributed by atoms with E-state index in [1.165, 1.54) is 0 Å². The van der Waals surface area contributed by atoms with Gasteiger partial charge in [0.25, 0.3) is 9.05 Å². The number of hydrogen-bond acceptors (Lipinski definition) is 6. The average molecular weight is 342 g/mol. The number of carboxylic acid groups (broad SMARTS) is 1. The number of nitro benzene ring substituents is 1. The minimum absolute atomic E-state index is 0.0453. The van der Waals surface area contributed by atoms with Gasteiger partial charge in [-0.15, -0.1) is 0 Å². The normalized spacial score (nSPS) is 11.1. The molecule has 21 heavy (non-hydrogen) atoms. The van der Waals surface area contributed by atoms with Gasteiger partial charge in [0.05, 0.1) is 11.5 Å². The first-order valence-electron chi connectivity index (χ1n) is 5.40. The predicted octanol–water partition coefficient (Wildman–Crippen LogP) is 1.91. The van der Waals surface area contributed by atoms with Crippen LogP contribution in [0.25, 0.3) is 0 Å². The number of rotatable bonds is 7. The Bertz CT molecular complexity index is 676. The van der Waals surface area contributed by atoms with Gasteiger partial charge in [-0.1, -0.05) is 0 Å². The third-order valence-corrected chi connectivity index (χ3v) is 3.60. The topological polar surface area (TPSA) is 124 Å². The first kappa shape index (κ1) is 17.1. The summed E-state index contributed by atoms with van der Waals surface area (Å²) in [6.07, 6.45) is -0.186. The van der Waals surface area contributed by atoms with E-state index in [0.717, 1.165) is 0 Å². The van der Waals surface area contributed by atoms with Crippen molar-refractivity contribution in [3.8, 4) is 5.75 Å². The second-order valence-electron chi connectivity index (χ2n) is 3.79. The van der Waals surface area contributed by atoms with Crippen LogP contribution in [0, 0.1) is 15.9 Å². The molecule has 1 rings (SSSR count). The molecule has 1 aromatic rings. The van der Waals surface area contributed by atoms with Crippen molar-refractivity contribution < 1.29 is 32.4 Å². The van der Waals surface area contributed by atoms with Gasteiger partial charge < -0.3 is 9.84 Å². The molecule has 0 spiro atoms. The Balaban J connectivity index is 3.07. The maximum atomic E-state index is 13.6. The van der Waals surface area contributed by atoms with Crippen LogP contribution in [0.2, 0.25) is 0 Å². The molecule has 116 valence electrons. The van der Waals surface area contributed by atoms with E-state index in [1.54, 1.807) is 0 Å². The number of nitrogens with zero attached hydrogens (tertiary/aromatic N) is 1. The van der Waals surface area contributed by atoms with Crippen LogP contribution in [0.3, 0.4) is 0 Å². The van der Waals surface area contributed by atoms with E-state index in [9.17, 15) is 27.7 Å². The molecule has 0 saturated heterocycles. The molecule has 1 N–H and O–H groups in total. The molecule has 0 radical (unpaired) electrons. The van der Waals surface area contributed by atoms with Crippen LogP contribution in [0.5, 0.6) is 5.75 Å². The third-order valence-electron chi connectivity index (χ3n) is 2.27. The largest absolute Gasteiger partial charge is 0.487 e. The van der Waals surface area contributed by atoms with Crippen LogP contribution in [0.1, 0.15) is 12.8 Å². The molecule has 0 atom stereocenters. The quantitative estimate of drug-likeness (QED) is 0.347. The lowest BCUT2D eigenvalue weighted by molar-refractivity contribution is -0.386. The van der Waals surface area contributed by atoms with Gasteiger partial charge in [0.1, 0.15) is 10.7 Å². The van der Waals surface area contributed by atoms with E-state index in [2.05, 4.69) is 0 Å². The van der Waals surface area contributed by atoms with E-state index >= 15 is 0 Å². The molecule has 0 heterocycles. The van der Waals surface area contributed by atoms with E-state index in [1.807, 2.05) is 0 Å². The summed E-state index contributed by atoms with van der Waals surface area (Å²) in [5, 5.41) is 19.2. The van der Waals surface area contributed by atoms with Crippen molar-refractivity contribution in [2.75, 3.05) is 6.61 Å². The van der Waals surface area contributed by atoms with Crippen molar-refractivity contribution in [1.29, 1.82) is 0 Å². The molecule has 11 heteroatoms. The van der Waals surface area contributed by atoms with Gasteiger partial charge in [0.15, 0.2) is 5.75 Å². The zero-order valence-electron chi connectivity index (χ0n) is 10.3. The van der Waals surface area contributed by atoms with E-state index in [4.69, 9.17) is 20.5 Å². The third kappa shape index (κ3) is 4.83. The van der Waals surface area contributed by atoms with Gasteiger partial charge in [0, 0.05) is 29.2 Å². The summed E-state index contributed by atoms with van der Waals surface area (Å²) >= 11 is 0. The van der Waals surface area contributed by atoms with E-state index < -0.39 is 42.1 Å². The lowest BCUT2D eigenvalue weighted by atomic mass is 10.3. The number of halogens is 2. The highest BCUT2D eigenvalue weighted by molar-refractivity contribution is 8.13. The molecule has 0 aromatic heterocycles. The van der Waals surface area contributed by atoms with Crippen molar-refractivity contribution >= 4 is 31.4 Å². The minimum Gasteiger partial charge on any atom is -0.487 e. The van der Waals surface area contributed by atoms with Gasteiger partial charge in [-0.05, 0) is 6.42 Å². The van der Waals surface area contributed by atoms with Gasteiger partial charge >= 0.3 is 11.7 Å². The molecule has 0 bridgehead atoms. The Morgan fingerprint density at radius 2 is 2.10 bits per heavy atom. The standard InChI is InChI=1S/C10H9ClFNO7S/c11-21(18,19)9-5-7(13(16)17)8(4-6(9)12)20-3-1-2-10(14)15/h4-5H,1-3H2,(H,14,15). The zero-order chi connectivity index (χ0) is 16.2. The van der Waals surface area contributed by atoms with E-state index in [0.29, 0.717) is 12.1 Å². The summed E-state index contributed by atoms with van der Waals surface area (Å²) in [4.78, 5) is 19.1. The number of aliphatic carboxylic acids is 1. The van der Waals surface area contributed by atoms with Crippen LogP contribution in [-0.2, 0) is 13.8 Å². The van der Waals surface area contributed by atoms with Gasteiger partial charge in [-0.25, -0.2) is 12.8 Å². The SMILES string of the molecule is O=C(O)CCCOc1cc(F)c(S(=O)(=O)Cl)cc1[N+](=O)[O-]. The van der Waals surface area contributed by atoms with Crippen molar-refractivity contribution in [3.05, 3.63) is 28.1 Å². The van der Waals surface area contributed by atoms with Crippen molar-refractivity contribution in [1.82, 2.24) is 0 Å². The maximum absolute atomic E-state index is 13.6. The molecule has 1 aromatic carbocycles. The summed E-state index contributed by atoms with van der Waals surface area (Å²) in [7, 11) is 0.475. The first-order chi connectivity index (χ1) is 9.62. The Morgan fingerprint density at radius 1 is 1.48 bits per heavy atom. The number of benzene rings is 1. The van der Waals surface area contributed by atoms with Gasteiger partial charge in [-0.3, -0.25) is 14.9 Å². The van der Waals surface area contributed by atoms with Gasteiger partial charge in [0.2, 0.25) is 0 Å². The van der Waals surface area contributed by atoms with Crippen LogP contribution in [0.15, 0.2) is 17.0 Å². The Morgan fingerprint density at radius 3 is 2.57 bits per heavy atom. The molecule has 0 fully saturated rings. The number of carboxylic acids is 1. The van der Waals surface area contributed by atoms with Gasteiger partial charge in [-0.2, -0.15) is 0 Å². The van der Waals surface area contributed by atoms with Crippen LogP contribution >= 0.6 is 10.7 Å². The van der Waals surface area contributed by atoms with Crippen LogP contribution < -0.4 is 4.74 Å². The average Bonchev–Trinajstić information content (AvgIpc) is 2.32. The fourth-order valence-electron chi connectivity index (χ4n) is 1.38. The summed E-state index contributed by atoms with van der Waals surface area (Å²) in [6.45, 7) is -0.209. The Hall–Kier alpha value is -1.94. The summed E-state index contributed by atoms with van der Waals surface area (Å²) in [5.41, 5.74) is -0.786. The summed E-state index contributed by atoms with van der Waals surface area (Å²) in [5.74, 6) is -2.89. The molecule has 0 aliphatic rings.